The van der Waals surface area contributed by atoms with E-state index in [1.54, 1.807) is 6.07 Å². The van der Waals surface area contributed by atoms with Crippen molar-refractivity contribution < 1.29 is 5.11 Å². The Morgan fingerprint density at radius 2 is 1.94 bits per heavy atom. The summed E-state index contributed by atoms with van der Waals surface area (Å²) in [4.78, 5) is 2.42. The molecule has 0 amide bonds. The van der Waals surface area contributed by atoms with Crippen molar-refractivity contribution in [2.45, 2.75) is 51.1 Å². The Labute approximate surface area is 118 Å². The monoisotopic (exact) mass is 311 g/mol. The summed E-state index contributed by atoms with van der Waals surface area (Å²) < 4.78 is 1.03. The maximum atomic E-state index is 10.0. The summed E-state index contributed by atoms with van der Waals surface area (Å²) in [5.74, 6) is 0.397. The van der Waals surface area contributed by atoms with Crippen molar-refractivity contribution in [3.05, 3.63) is 28.2 Å². The molecule has 1 atom stereocenters. The van der Waals surface area contributed by atoms with Gasteiger partial charge in [-0.1, -0.05) is 35.2 Å². The van der Waals surface area contributed by atoms with Gasteiger partial charge in [0.25, 0.3) is 0 Å². The molecular formula is C15H22BrNO. The molecule has 18 heavy (non-hydrogen) atoms. The van der Waals surface area contributed by atoms with E-state index >= 15 is 0 Å². The number of benzene rings is 1. The maximum Gasteiger partial charge on any atom is 0.120 e. The van der Waals surface area contributed by atoms with Crippen LogP contribution in [0.4, 0.5) is 0 Å². The molecule has 2 rings (SSSR count). The molecule has 0 bridgehead atoms. The summed E-state index contributed by atoms with van der Waals surface area (Å²) in [6.45, 7) is 2.18. The van der Waals surface area contributed by atoms with Gasteiger partial charge in [-0.2, -0.15) is 0 Å². The van der Waals surface area contributed by atoms with Crippen LogP contribution < -0.4 is 0 Å². The molecule has 0 heterocycles. The van der Waals surface area contributed by atoms with Gasteiger partial charge in [0, 0.05) is 22.1 Å². The number of halogens is 1. The van der Waals surface area contributed by atoms with Gasteiger partial charge >= 0.3 is 0 Å². The molecule has 1 aromatic carbocycles. The first kappa shape index (κ1) is 13.9. The van der Waals surface area contributed by atoms with Crippen molar-refractivity contribution in [1.29, 1.82) is 0 Å². The number of aromatic hydroxyl groups is 1. The molecule has 0 aliphatic heterocycles. The average Bonchev–Trinajstić information content (AvgIpc) is 2.41. The number of nitrogens with zero attached hydrogens (tertiary/aromatic N) is 1. The molecule has 1 saturated carbocycles. The predicted octanol–water partition coefficient (Wildman–Crippen LogP) is 4.48. The van der Waals surface area contributed by atoms with Crippen molar-refractivity contribution >= 4 is 15.9 Å². The first-order chi connectivity index (χ1) is 8.59. The molecule has 1 aliphatic carbocycles. The van der Waals surface area contributed by atoms with Crippen LogP contribution in [0.15, 0.2) is 22.7 Å². The lowest BCUT2D eigenvalue weighted by Gasteiger charge is -2.36. The van der Waals surface area contributed by atoms with Crippen LogP contribution in [0.2, 0.25) is 0 Å². The van der Waals surface area contributed by atoms with E-state index < -0.39 is 0 Å². The van der Waals surface area contributed by atoms with E-state index in [2.05, 4.69) is 34.8 Å². The fraction of sp³-hybridized carbons (Fsp3) is 0.600. The third-order valence-corrected chi connectivity index (χ3v) is 4.69. The maximum absolute atomic E-state index is 10.0. The zero-order chi connectivity index (χ0) is 13.1. The molecule has 1 aromatic rings. The summed E-state index contributed by atoms with van der Waals surface area (Å²) >= 11 is 3.48. The lowest BCUT2D eigenvalue weighted by Crippen LogP contribution is -2.35. The highest BCUT2D eigenvalue weighted by atomic mass is 79.9. The molecule has 2 nitrogen and oxygen atoms in total. The molecule has 0 spiro atoms. The molecule has 0 radical (unpaired) electrons. The largest absolute Gasteiger partial charge is 0.508 e. The Bertz CT molecular complexity index is 401. The molecule has 0 aromatic heterocycles. The van der Waals surface area contributed by atoms with Gasteiger partial charge in [0.2, 0.25) is 0 Å². The summed E-state index contributed by atoms with van der Waals surface area (Å²) in [6.07, 6.45) is 6.63. The quantitative estimate of drug-likeness (QED) is 0.889. The molecule has 100 valence electrons. The van der Waals surface area contributed by atoms with E-state index in [1.165, 1.54) is 32.1 Å². The first-order valence-corrected chi connectivity index (χ1v) is 7.59. The van der Waals surface area contributed by atoms with Crippen LogP contribution in [-0.2, 0) is 0 Å². The van der Waals surface area contributed by atoms with E-state index in [0.29, 0.717) is 11.8 Å². The minimum absolute atomic E-state index is 0.255. The topological polar surface area (TPSA) is 23.5 Å². The second-order valence-electron chi connectivity index (χ2n) is 5.34. The van der Waals surface area contributed by atoms with Crippen molar-refractivity contribution in [2.75, 3.05) is 7.05 Å². The number of phenolic OH excluding ortho intramolecular Hbond substituents is 1. The van der Waals surface area contributed by atoms with Gasteiger partial charge in [0.05, 0.1) is 0 Å². The third-order valence-electron chi connectivity index (χ3n) is 4.20. The van der Waals surface area contributed by atoms with Crippen molar-refractivity contribution in [2.24, 2.45) is 0 Å². The van der Waals surface area contributed by atoms with E-state index in [4.69, 9.17) is 0 Å². The van der Waals surface area contributed by atoms with Gasteiger partial charge < -0.3 is 5.11 Å². The normalized spacial score (nSPS) is 19.1. The van der Waals surface area contributed by atoms with E-state index in [1.807, 2.05) is 12.1 Å². The van der Waals surface area contributed by atoms with Gasteiger partial charge in [-0.3, -0.25) is 4.90 Å². The van der Waals surface area contributed by atoms with E-state index in [-0.39, 0.29) is 6.04 Å². The average molecular weight is 312 g/mol. The van der Waals surface area contributed by atoms with Gasteiger partial charge in [-0.05, 0) is 45.0 Å². The summed E-state index contributed by atoms with van der Waals surface area (Å²) in [6, 6.07) is 6.59. The Balaban J connectivity index is 2.13. The minimum atomic E-state index is 0.255. The molecular weight excluding hydrogens is 290 g/mol. The molecule has 3 heteroatoms. The molecule has 1 N–H and O–H groups in total. The van der Waals surface area contributed by atoms with Gasteiger partial charge in [0.1, 0.15) is 5.75 Å². The van der Waals surface area contributed by atoms with Crippen LogP contribution in [0.25, 0.3) is 0 Å². The van der Waals surface area contributed by atoms with Crippen LogP contribution in [0.3, 0.4) is 0 Å². The molecule has 1 aliphatic rings. The number of rotatable bonds is 3. The van der Waals surface area contributed by atoms with Gasteiger partial charge in [-0.25, -0.2) is 0 Å². The zero-order valence-corrected chi connectivity index (χ0v) is 12.8. The van der Waals surface area contributed by atoms with E-state index in [0.717, 1.165) is 10.0 Å². The smallest absolute Gasteiger partial charge is 0.120 e. The van der Waals surface area contributed by atoms with Crippen LogP contribution in [0, 0.1) is 0 Å². The van der Waals surface area contributed by atoms with Gasteiger partial charge in [-0.15, -0.1) is 0 Å². The lowest BCUT2D eigenvalue weighted by atomic mass is 9.92. The van der Waals surface area contributed by atoms with Crippen LogP contribution in [-0.4, -0.2) is 23.1 Å². The second-order valence-corrected chi connectivity index (χ2v) is 6.25. The van der Waals surface area contributed by atoms with Crippen LogP contribution in [0.5, 0.6) is 5.75 Å². The first-order valence-electron chi connectivity index (χ1n) is 6.80. The summed E-state index contributed by atoms with van der Waals surface area (Å²) in [5.41, 5.74) is 1.01. The Kier molecular flexibility index (Phi) is 4.68. The minimum Gasteiger partial charge on any atom is -0.508 e. The Morgan fingerprint density at radius 1 is 1.28 bits per heavy atom. The molecule has 0 saturated heterocycles. The van der Waals surface area contributed by atoms with E-state index in [9.17, 15) is 5.11 Å². The lowest BCUT2D eigenvalue weighted by molar-refractivity contribution is 0.145. The number of phenols is 1. The fourth-order valence-electron chi connectivity index (χ4n) is 2.88. The molecule has 1 unspecified atom stereocenters. The zero-order valence-electron chi connectivity index (χ0n) is 11.2. The highest BCUT2D eigenvalue weighted by molar-refractivity contribution is 9.10. The van der Waals surface area contributed by atoms with Crippen molar-refractivity contribution in [3.8, 4) is 5.75 Å². The summed E-state index contributed by atoms with van der Waals surface area (Å²) in [5, 5.41) is 10.0. The standard InChI is InChI=1S/C15H22BrNO/c1-11(14-10-12(16)8-9-15(14)18)17(2)13-6-4-3-5-7-13/h8-11,13,18H,3-7H2,1-2H3. The Hall–Kier alpha value is -0.540. The highest BCUT2D eigenvalue weighted by Gasteiger charge is 2.24. The SMILES string of the molecule is CC(c1cc(Br)ccc1O)N(C)C1CCCCC1. The third kappa shape index (κ3) is 3.07. The van der Waals surface area contributed by atoms with Gasteiger partial charge in [0.15, 0.2) is 0 Å². The fourth-order valence-corrected chi connectivity index (χ4v) is 3.26. The number of hydrogen-bond acceptors (Lipinski definition) is 2. The predicted molar refractivity (Wildman–Crippen MR) is 78.9 cm³/mol. The molecule has 1 fully saturated rings. The second kappa shape index (κ2) is 6.07. The Morgan fingerprint density at radius 3 is 2.61 bits per heavy atom. The van der Waals surface area contributed by atoms with Crippen LogP contribution >= 0.6 is 15.9 Å². The van der Waals surface area contributed by atoms with Crippen molar-refractivity contribution in [1.82, 2.24) is 4.90 Å². The van der Waals surface area contributed by atoms with Crippen LogP contribution in [0.1, 0.15) is 50.6 Å². The van der Waals surface area contributed by atoms with Crippen molar-refractivity contribution in [3.63, 3.8) is 0 Å². The number of hydrogen-bond donors (Lipinski definition) is 1. The summed E-state index contributed by atoms with van der Waals surface area (Å²) in [7, 11) is 2.18. The highest BCUT2D eigenvalue weighted by Crippen LogP contribution is 2.34.